The van der Waals surface area contributed by atoms with Crippen LogP contribution >= 0.6 is 12.2 Å². The molecule has 1 N–H and O–H groups in total. The number of rotatable bonds is 4. The molecule has 1 fully saturated rings. The van der Waals surface area contributed by atoms with Crippen LogP contribution in [0.1, 0.15) is 62.6 Å². The summed E-state index contributed by atoms with van der Waals surface area (Å²) < 4.78 is 8.93. The van der Waals surface area contributed by atoms with Gasteiger partial charge in [0.1, 0.15) is 5.75 Å². The fourth-order valence-corrected chi connectivity index (χ4v) is 3.46. The monoisotopic (exact) mass is 317 g/mol. The SMILES string of the molecule is Cc1ccc(OC(C)c2n[nH]c(=S)n2C2CCCCC2)cc1. The average molecular weight is 317 g/mol. The largest absolute Gasteiger partial charge is 0.483 e. The van der Waals surface area contributed by atoms with E-state index in [-0.39, 0.29) is 6.10 Å². The lowest BCUT2D eigenvalue weighted by Gasteiger charge is -2.25. The van der Waals surface area contributed by atoms with Gasteiger partial charge in [0.25, 0.3) is 0 Å². The summed E-state index contributed by atoms with van der Waals surface area (Å²) in [5.41, 5.74) is 1.23. The lowest BCUT2D eigenvalue weighted by Crippen LogP contribution is -2.19. The van der Waals surface area contributed by atoms with Crippen molar-refractivity contribution in [1.82, 2.24) is 14.8 Å². The smallest absolute Gasteiger partial charge is 0.195 e. The lowest BCUT2D eigenvalue weighted by atomic mass is 9.95. The first-order valence-electron chi connectivity index (χ1n) is 8.05. The van der Waals surface area contributed by atoms with Crippen molar-refractivity contribution in [2.75, 3.05) is 0 Å². The molecule has 1 aromatic heterocycles. The summed E-state index contributed by atoms with van der Waals surface area (Å²) in [6.07, 6.45) is 6.09. The van der Waals surface area contributed by atoms with E-state index in [1.165, 1.54) is 37.7 Å². The summed E-state index contributed by atoms with van der Waals surface area (Å²) in [6, 6.07) is 8.57. The standard InChI is InChI=1S/C17H23N3OS/c1-12-8-10-15(11-9-12)21-13(2)16-18-19-17(22)20(16)14-6-4-3-5-7-14/h8-11,13-14H,3-7H2,1-2H3,(H,19,22). The molecule has 22 heavy (non-hydrogen) atoms. The maximum atomic E-state index is 6.05. The lowest BCUT2D eigenvalue weighted by molar-refractivity contribution is 0.202. The predicted octanol–water partition coefficient (Wildman–Crippen LogP) is 4.89. The average Bonchev–Trinajstić information content (AvgIpc) is 2.92. The topological polar surface area (TPSA) is 42.8 Å². The highest BCUT2D eigenvalue weighted by atomic mass is 32.1. The van der Waals surface area contributed by atoms with Crippen molar-refractivity contribution in [2.45, 2.75) is 58.1 Å². The number of nitrogens with zero attached hydrogens (tertiary/aromatic N) is 2. The highest BCUT2D eigenvalue weighted by Crippen LogP contribution is 2.31. The Morgan fingerprint density at radius 3 is 2.59 bits per heavy atom. The fraction of sp³-hybridized carbons (Fsp3) is 0.529. The van der Waals surface area contributed by atoms with E-state index in [2.05, 4.69) is 33.8 Å². The highest BCUT2D eigenvalue weighted by molar-refractivity contribution is 7.71. The Bertz CT molecular complexity index is 668. The summed E-state index contributed by atoms with van der Waals surface area (Å²) >= 11 is 5.44. The Labute approximate surface area is 136 Å². The van der Waals surface area contributed by atoms with Gasteiger partial charge in [-0.2, -0.15) is 5.10 Å². The molecule has 0 aliphatic heterocycles. The molecule has 1 aliphatic carbocycles. The maximum Gasteiger partial charge on any atom is 0.195 e. The van der Waals surface area contributed by atoms with E-state index in [0.717, 1.165) is 11.6 Å². The number of benzene rings is 1. The van der Waals surface area contributed by atoms with Gasteiger partial charge in [0.05, 0.1) is 0 Å². The molecule has 1 atom stereocenters. The van der Waals surface area contributed by atoms with Crippen LogP contribution in [0.25, 0.3) is 0 Å². The van der Waals surface area contributed by atoms with Gasteiger partial charge in [-0.3, -0.25) is 9.67 Å². The van der Waals surface area contributed by atoms with Crippen molar-refractivity contribution in [1.29, 1.82) is 0 Å². The van der Waals surface area contributed by atoms with Gasteiger partial charge >= 0.3 is 0 Å². The van der Waals surface area contributed by atoms with Crippen LogP contribution in [0, 0.1) is 11.7 Å². The zero-order chi connectivity index (χ0) is 15.5. The van der Waals surface area contributed by atoms with Gasteiger partial charge in [-0.15, -0.1) is 0 Å². The van der Waals surface area contributed by atoms with E-state index in [1.807, 2.05) is 19.1 Å². The van der Waals surface area contributed by atoms with Crippen molar-refractivity contribution < 1.29 is 4.74 Å². The first-order valence-corrected chi connectivity index (χ1v) is 8.46. The minimum atomic E-state index is -0.127. The fourth-order valence-electron chi connectivity index (χ4n) is 3.17. The molecule has 0 spiro atoms. The molecule has 4 nitrogen and oxygen atoms in total. The van der Waals surface area contributed by atoms with Crippen molar-refractivity contribution in [3.05, 3.63) is 40.4 Å². The molecule has 5 heteroatoms. The van der Waals surface area contributed by atoms with Crippen molar-refractivity contribution in [3.63, 3.8) is 0 Å². The van der Waals surface area contributed by atoms with E-state index in [1.54, 1.807) is 0 Å². The van der Waals surface area contributed by atoms with Gasteiger partial charge in [0, 0.05) is 6.04 Å². The molecule has 2 aromatic rings. The van der Waals surface area contributed by atoms with Crippen LogP contribution in [-0.2, 0) is 0 Å². The number of aromatic nitrogens is 3. The third-order valence-electron chi connectivity index (χ3n) is 4.37. The summed E-state index contributed by atoms with van der Waals surface area (Å²) in [4.78, 5) is 0. The molecule has 1 heterocycles. The highest BCUT2D eigenvalue weighted by Gasteiger charge is 2.23. The Morgan fingerprint density at radius 1 is 1.23 bits per heavy atom. The molecule has 1 aromatic carbocycles. The van der Waals surface area contributed by atoms with Crippen molar-refractivity contribution >= 4 is 12.2 Å². The minimum Gasteiger partial charge on any atom is -0.483 e. The molecule has 3 rings (SSSR count). The first kappa shape index (κ1) is 15.3. The molecule has 0 bridgehead atoms. The number of aromatic amines is 1. The summed E-state index contributed by atoms with van der Waals surface area (Å²) in [5, 5.41) is 7.37. The van der Waals surface area contributed by atoms with Crippen LogP contribution in [0.2, 0.25) is 0 Å². The molecule has 0 radical (unpaired) electrons. The number of hydrogen-bond donors (Lipinski definition) is 1. The Morgan fingerprint density at radius 2 is 1.91 bits per heavy atom. The second-order valence-electron chi connectivity index (χ2n) is 6.12. The Hall–Kier alpha value is -1.62. The molecular formula is C17H23N3OS. The van der Waals surface area contributed by atoms with Crippen molar-refractivity contribution in [3.8, 4) is 5.75 Å². The molecule has 118 valence electrons. The predicted molar refractivity (Wildman–Crippen MR) is 89.8 cm³/mol. The molecule has 0 saturated heterocycles. The quantitative estimate of drug-likeness (QED) is 0.816. The normalized spacial score (nSPS) is 17.4. The third kappa shape index (κ3) is 3.24. The molecule has 1 unspecified atom stereocenters. The van der Waals surface area contributed by atoms with Crippen LogP contribution in [-0.4, -0.2) is 14.8 Å². The third-order valence-corrected chi connectivity index (χ3v) is 4.66. The number of aryl methyl sites for hydroxylation is 1. The molecular weight excluding hydrogens is 294 g/mol. The summed E-state index contributed by atoms with van der Waals surface area (Å²) in [5.74, 6) is 1.76. The summed E-state index contributed by atoms with van der Waals surface area (Å²) in [6.45, 7) is 4.10. The van der Waals surface area contributed by atoms with Crippen molar-refractivity contribution in [2.24, 2.45) is 0 Å². The number of ether oxygens (including phenoxy) is 1. The molecule has 1 aliphatic rings. The zero-order valence-corrected chi connectivity index (χ0v) is 14.0. The van der Waals surface area contributed by atoms with Crippen LogP contribution in [0.5, 0.6) is 5.75 Å². The summed E-state index contributed by atoms with van der Waals surface area (Å²) in [7, 11) is 0. The molecule has 1 saturated carbocycles. The minimum absolute atomic E-state index is 0.127. The Kier molecular flexibility index (Phi) is 4.62. The number of hydrogen-bond acceptors (Lipinski definition) is 3. The van der Waals surface area contributed by atoms with Crippen LogP contribution in [0.4, 0.5) is 0 Å². The van der Waals surface area contributed by atoms with Crippen LogP contribution in [0.15, 0.2) is 24.3 Å². The second-order valence-corrected chi connectivity index (χ2v) is 6.51. The zero-order valence-electron chi connectivity index (χ0n) is 13.2. The van der Waals surface area contributed by atoms with Gasteiger partial charge in [0.15, 0.2) is 16.7 Å². The Balaban J connectivity index is 1.81. The number of H-pyrrole nitrogens is 1. The van der Waals surface area contributed by atoms with Gasteiger partial charge in [-0.25, -0.2) is 0 Å². The van der Waals surface area contributed by atoms with E-state index in [4.69, 9.17) is 17.0 Å². The second kappa shape index (κ2) is 6.65. The molecule has 0 amide bonds. The van der Waals surface area contributed by atoms with Gasteiger partial charge in [-0.1, -0.05) is 37.0 Å². The number of nitrogens with one attached hydrogen (secondary N) is 1. The van der Waals surface area contributed by atoms with E-state index in [0.29, 0.717) is 10.8 Å². The van der Waals surface area contributed by atoms with Gasteiger partial charge in [0.2, 0.25) is 0 Å². The van der Waals surface area contributed by atoms with Gasteiger partial charge in [-0.05, 0) is 51.0 Å². The van der Waals surface area contributed by atoms with Crippen LogP contribution < -0.4 is 4.74 Å². The van der Waals surface area contributed by atoms with E-state index in [9.17, 15) is 0 Å². The van der Waals surface area contributed by atoms with Crippen LogP contribution in [0.3, 0.4) is 0 Å². The first-order chi connectivity index (χ1) is 10.6. The van der Waals surface area contributed by atoms with E-state index >= 15 is 0 Å². The van der Waals surface area contributed by atoms with E-state index < -0.39 is 0 Å². The van der Waals surface area contributed by atoms with Gasteiger partial charge < -0.3 is 4.74 Å². The maximum absolute atomic E-state index is 6.05.